The third kappa shape index (κ3) is 10.0. The van der Waals surface area contributed by atoms with Gasteiger partial charge in [0, 0.05) is 12.1 Å². The maximum absolute atomic E-state index is 5.66. The van der Waals surface area contributed by atoms with Crippen molar-refractivity contribution >= 4 is 0 Å². The van der Waals surface area contributed by atoms with Gasteiger partial charge in [0.05, 0.1) is 6.10 Å². The largest absolute Gasteiger partial charge is 0.378 e. The summed E-state index contributed by atoms with van der Waals surface area (Å²) in [6, 6.07) is 0. The lowest BCUT2D eigenvalue weighted by Gasteiger charge is -2.22. The lowest BCUT2D eigenvalue weighted by molar-refractivity contribution is 0.0575. The molecule has 1 unspecified atom stereocenters. The van der Waals surface area contributed by atoms with E-state index in [4.69, 9.17) is 4.74 Å². The zero-order valence-corrected chi connectivity index (χ0v) is 10.5. The molecule has 14 heavy (non-hydrogen) atoms. The van der Waals surface area contributed by atoms with Gasteiger partial charge in [0.15, 0.2) is 0 Å². The fourth-order valence-electron chi connectivity index (χ4n) is 1.16. The second-order valence-corrected chi connectivity index (χ2v) is 5.00. The van der Waals surface area contributed by atoms with E-state index >= 15 is 0 Å². The van der Waals surface area contributed by atoms with Crippen LogP contribution in [0.1, 0.15) is 53.9 Å². The topological polar surface area (TPSA) is 21.3 Å². The van der Waals surface area contributed by atoms with Crippen molar-refractivity contribution in [3.63, 3.8) is 0 Å². The Labute approximate surface area is 89.4 Å². The Kier molecular flexibility index (Phi) is 7.20. The first kappa shape index (κ1) is 13.9. The molecule has 1 atom stereocenters. The van der Waals surface area contributed by atoms with Gasteiger partial charge < -0.3 is 10.1 Å². The molecule has 0 aliphatic heterocycles. The summed E-state index contributed by atoms with van der Waals surface area (Å²) in [5.74, 6) is 0. The maximum Gasteiger partial charge on any atom is 0.0559 e. The van der Waals surface area contributed by atoms with Crippen LogP contribution in [0.5, 0.6) is 0 Å². The van der Waals surface area contributed by atoms with Crippen molar-refractivity contribution in [3.8, 4) is 0 Å². The Morgan fingerprint density at radius 2 is 1.93 bits per heavy atom. The average Bonchev–Trinajstić information content (AvgIpc) is 2.02. The van der Waals surface area contributed by atoms with Gasteiger partial charge in [-0.05, 0) is 47.1 Å². The molecule has 0 aromatic heterocycles. The first-order chi connectivity index (χ1) is 6.45. The quantitative estimate of drug-likeness (QED) is 0.639. The van der Waals surface area contributed by atoms with Gasteiger partial charge >= 0.3 is 0 Å². The zero-order chi connectivity index (χ0) is 11.0. The molecule has 2 heteroatoms. The van der Waals surface area contributed by atoms with Crippen LogP contribution in [-0.2, 0) is 4.74 Å². The van der Waals surface area contributed by atoms with Crippen LogP contribution in [0.2, 0.25) is 0 Å². The molecule has 2 nitrogen and oxygen atoms in total. The second kappa shape index (κ2) is 7.24. The number of nitrogens with one attached hydrogen (secondary N) is 1. The highest BCUT2D eigenvalue weighted by atomic mass is 16.5. The molecular weight excluding hydrogens is 174 g/mol. The SMILES string of the molecule is CCCCOC(C)CCNC(C)(C)C. The first-order valence-electron chi connectivity index (χ1n) is 5.82. The highest BCUT2D eigenvalue weighted by molar-refractivity contribution is 4.70. The Bertz CT molecular complexity index is 129. The van der Waals surface area contributed by atoms with Gasteiger partial charge in [-0.15, -0.1) is 0 Å². The molecule has 0 rings (SSSR count). The number of unbranched alkanes of at least 4 members (excludes halogenated alkanes) is 1. The van der Waals surface area contributed by atoms with E-state index in [9.17, 15) is 0 Å². The van der Waals surface area contributed by atoms with Gasteiger partial charge in [-0.25, -0.2) is 0 Å². The molecule has 0 bridgehead atoms. The monoisotopic (exact) mass is 201 g/mol. The Morgan fingerprint density at radius 3 is 2.43 bits per heavy atom. The van der Waals surface area contributed by atoms with Crippen LogP contribution in [0, 0.1) is 0 Å². The summed E-state index contributed by atoms with van der Waals surface area (Å²) in [6.45, 7) is 12.9. The molecule has 0 spiro atoms. The molecule has 86 valence electrons. The molecule has 0 saturated carbocycles. The third-order valence-electron chi connectivity index (χ3n) is 2.11. The van der Waals surface area contributed by atoms with Gasteiger partial charge in [-0.3, -0.25) is 0 Å². The summed E-state index contributed by atoms with van der Waals surface area (Å²) in [4.78, 5) is 0. The normalized spacial score (nSPS) is 14.4. The summed E-state index contributed by atoms with van der Waals surface area (Å²) in [5, 5.41) is 3.46. The predicted octanol–water partition coefficient (Wildman–Crippen LogP) is 2.97. The molecule has 0 aliphatic carbocycles. The zero-order valence-electron chi connectivity index (χ0n) is 10.5. The Balaban J connectivity index is 3.31. The van der Waals surface area contributed by atoms with Crippen LogP contribution in [0.25, 0.3) is 0 Å². The average molecular weight is 201 g/mol. The second-order valence-electron chi connectivity index (χ2n) is 5.00. The third-order valence-corrected chi connectivity index (χ3v) is 2.11. The van der Waals surface area contributed by atoms with E-state index in [0.717, 1.165) is 19.6 Å². The molecular formula is C12H27NO. The molecule has 0 radical (unpaired) electrons. The maximum atomic E-state index is 5.66. The smallest absolute Gasteiger partial charge is 0.0559 e. The molecule has 1 N–H and O–H groups in total. The van der Waals surface area contributed by atoms with Gasteiger partial charge in [-0.1, -0.05) is 13.3 Å². The lowest BCUT2D eigenvalue weighted by Crippen LogP contribution is -2.37. The van der Waals surface area contributed by atoms with Crippen LogP contribution in [0.3, 0.4) is 0 Å². The Morgan fingerprint density at radius 1 is 1.29 bits per heavy atom. The highest BCUT2D eigenvalue weighted by Gasteiger charge is 2.09. The first-order valence-corrected chi connectivity index (χ1v) is 5.82. The van der Waals surface area contributed by atoms with Crippen molar-refractivity contribution in [2.45, 2.75) is 65.5 Å². The van der Waals surface area contributed by atoms with Gasteiger partial charge in [-0.2, -0.15) is 0 Å². The van der Waals surface area contributed by atoms with E-state index in [1.807, 2.05) is 0 Å². The fourth-order valence-corrected chi connectivity index (χ4v) is 1.16. The molecule has 0 fully saturated rings. The summed E-state index contributed by atoms with van der Waals surface area (Å²) in [6.07, 6.45) is 3.88. The number of hydrogen-bond acceptors (Lipinski definition) is 2. The van der Waals surface area contributed by atoms with Crippen molar-refractivity contribution in [1.82, 2.24) is 5.32 Å². The van der Waals surface area contributed by atoms with Crippen LogP contribution in [-0.4, -0.2) is 24.8 Å². The van der Waals surface area contributed by atoms with Crippen LogP contribution < -0.4 is 5.32 Å². The van der Waals surface area contributed by atoms with E-state index in [1.54, 1.807) is 0 Å². The molecule has 0 saturated heterocycles. The summed E-state index contributed by atoms with van der Waals surface area (Å²) < 4.78 is 5.66. The predicted molar refractivity (Wildman–Crippen MR) is 62.7 cm³/mol. The molecule has 0 aromatic carbocycles. The minimum atomic E-state index is 0.225. The standard InChI is InChI=1S/C12H27NO/c1-6-7-10-14-11(2)8-9-13-12(3,4)5/h11,13H,6-10H2,1-5H3. The molecule has 0 heterocycles. The number of hydrogen-bond donors (Lipinski definition) is 1. The van der Waals surface area contributed by atoms with E-state index in [0.29, 0.717) is 6.10 Å². The Hall–Kier alpha value is -0.0800. The summed E-state index contributed by atoms with van der Waals surface area (Å²) >= 11 is 0. The van der Waals surface area contributed by atoms with E-state index in [1.165, 1.54) is 12.8 Å². The van der Waals surface area contributed by atoms with Crippen LogP contribution >= 0.6 is 0 Å². The van der Waals surface area contributed by atoms with Gasteiger partial charge in [0.2, 0.25) is 0 Å². The van der Waals surface area contributed by atoms with E-state index < -0.39 is 0 Å². The molecule has 0 aliphatic rings. The lowest BCUT2D eigenvalue weighted by atomic mass is 10.1. The number of rotatable bonds is 7. The number of ether oxygens (including phenoxy) is 1. The van der Waals surface area contributed by atoms with E-state index in [-0.39, 0.29) is 5.54 Å². The van der Waals surface area contributed by atoms with Crippen molar-refractivity contribution in [3.05, 3.63) is 0 Å². The minimum absolute atomic E-state index is 0.225. The van der Waals surface area contributed by atoms with Crippen molar-refractivity contribution in [2.24, 2.45) is 0 Å². The van der Waals surface area contributed by atoms with Crippen molar-refractivity contribution in [1.29, 1.82) is 0 Å². The molecule has 0 amide bonds. The van der Waals surface area contributed by atoms with E-state index in [2.05, 4.69) is 39.9 Å². The molecule has 0 aromatic rings. The van der Waals surface area contributed by atoms with Gasteiger partial charge in [0.25, 0.3) is 0 Å². The van der Waals surface area contributed by atoms with Crippen molar-refractivity contribution in [2.75, 3.05) is 13.2 Å². The fraction of sp³-hybridized carbons (Fsp3) is 1.00. The van der Waals surface area contributed by atoms with Crippen LogP contribution in [0.15, 0.2) is 0 Å². The summed E-state index contributed by atoms with van der Waals surface area (Å²) in [7, 11) is 0. The van der Waals surface area contributed by atoms with Gasteiger partial charge in [0.1, 0.15) is 0 Å². The summed E-state index contributed by atoms with van der Waals surface area (Å²) in [5.41, 5.74) is 0.225. The highest BCUT2D eigenvalue weighted by Crippen LogP contribution is 2.02. The minimum Gasteiger partial charge on any atom is -0.378 e. The van der Waals surface area contributed by atoms with Crippen LogP contribution in [0.4, 0.5) is 0 Å². The van der Waals surface area contributed by atoms with Crippen molar-refractivity contribution < 1.29 is 4.74 Å².